The van der Waals surface area contributed by atoms with Gasteiger partial charge in [0.05, 0.1) is 24.4 Å². The van der Waals surface area contributed by atoms with Crippen molar-refractivity contribution in [3.63, 3.8) is 0 Å². The van der Waals surface area contributed by atoms with Crippen molar-refractivity contribution in [1.29, 1.82) is 0 Å². The van der Waals surface area contributed by atoms with E-state index in [1.54, 1.807) is 12.3 Å². The normalized spacial score (nSPS) is 24.8. The molecule has 4 nitrogen and oxygen atoms in total. The minimum atomic E-state index is -4.38. The third-order valence-corrected chi connectivity index (χ3v) is 4.87. The van der Waals surface area contributed by atoms with Crippen molar-refractivity contribution in [3.8, 4) is 0 Å². The first-order valence-corrected chi connectivity index (χ1v) is 8.44. The average Bonchev–Trinajstić information content (AvgIpc) is 3.20. The Bertz CT molecular complexity index is 755. The van der Waals surface area contributed by atoms with E-state index in [1.807, 2.05) is 4.90 Å². The molecule has 1 aromatic heterocycles. The van der Waals surface area contributed by atoms with Crippen LogP contribution in [0.25, 0.3) is 0 Å². The summed E-state index contributed by atoms with van der Waals surface area (Å²) in [5.41, 5.74) is -0.112. The summed E-state index contributed by atoms with van der Waals surface area (Å²) in [7, 11) is 0. The molecule has 0 bridgehead atoms. The molecule has 0 unspecified atom stereocenters. The van der Waals surface area contributed by atoms with Crippen LogP contribution in [0.1, 0.15) is 54.0 Å². The van der Waals surface area contributed by atoms with E-state index >= 15 is 0 Å². The minimum Gasteiger partial charge on any atom is -0.444 e. The quantitative estimate of drug-likeness (QED) is 0.907. The standard InChI is InChI=1S/C18H19F3N2O2/c19-18(20,21)13-3-1-2-12(6-13)15-7-14(24)9-23(15)10-17-22-8-16(25-17)11-4-5-11/h1-3,6,8,11,14-15,24H,4-5,7,9-10H2/t14-,15-/m0/s1. The molecule has 25 heavy (non-hydrogen) atoms. The van der Waals surface area contributed by atoms with Gasteiger partial charge >= 0.3 is 6.18 Å². The van der Waals surface area contributed by atoms with Gasteiger partial charge in [-0.05, 0) is 37.0 Å². The van der Waals surface area contributed by atoms with Crippen LogP contribution in [0.15, 0.2) is 34.9 Å². The Kier molecular flexibility index (Phi) is 4.08. The van der Waals surface area contributed by atoms with E-state index in [0.717, 1.165) is 24.7 Å². The number of hydrogen-bond acceptors (Lipinski definition) is 4. The molecule has 2 aromatic rings. The topological polar surface area (TPSA) is 49.5 Å². The summed E-state index contributed by atoms with van der Waals surface area (Å²) in [6.07, 6.45) is -0.582. The maximum Gasteiger partial charge on any atom is 0.416 e. The molecule has 1 N–H and O–H groups in total. The molecule has 2 atom stereocenters. The number of aliphatic hydroxyl groups excluding tert-OH is 1. The predicted molar refractivity (Wildman–Crippen MR) is 83.7 cm³/mol. The van der Waals surface area contributed by atoms with E-state index in [1.165, 1.54) is 12.1 Å². The summed E-state index contributed by atoms with van der Waals surface area (Å²) in [5.74, 6) is 1.89. The molecule has 4 rings (SSSR count). The molecule has 2 heterocycles. The number of aromatic nitrogens is 1. The number of halogens is 3. The number of likely N-dealkylation sites (tertiary alicyclic amines) is 1. The van der Waals surface area contributed by atoms with Gasteiger partial charge in [-0.2, -0.15) is 13.2 Å². The van der Waals surface area contributed by atoms with E-state index in [4.69, 9.17) is 4.42 Å². The highest BCUT2D eigenvalue weighted by molar-refractivity contribution is 5.29. The van der Waals surface area contributed by atoms with Gasteiger partial charge < -0.3 is 9.52 Å². The van der Waals surface area contributed by atoms with Gasteiger partial charge in [-0.15, -0.1) is 0 Å². The molecular weight excluding hydrogens is 333 g/mol. The molecule has 2 fully saturated rings. The summed E-state index contributed by atoms with van der Waals surface area (Å²) >= 11 is 0. The summed E-state index contributed by atoms with van der Waals surface area (Å²) in [6, 6.07) is 5.04. The van der Waals surface area contributed by atoms with Crippen molar-refractivity contribution < 1.29 is 22.7 Å². The predicted octanol–water partition coefficient (Wildman–Crippen LogP) is 3.88. The van der Waals surface area contributed by atoms with Crippen molar-refractivity contribution in [2.75, 3.05) is 6.54 Å². The number of benzene rings is 1. The number of rotatable bonds is 4. The Balaban J connectivity index is 1.54. The highest BCUT2D eigenvalue weighted by atomic mass is 19.4. The zero-order valence-electron chi connectivity index (χ0n) is 13.5. The number of oxazole rings is 1. The van der Waals surface area contributed by atoms with E-state index in [9.17, 15) is 18.3 Å². The zero-order valence-corrected chi connectivity index (χ0v) is 13.5. The first-order valence-electron chi connectivity index (χ1n) is 8.44. The lowest BCUT2D eigenvalue weighted by atomic mass is 10.0. The van der Waals surface area contributed by atoms with Gasteiger partial charge in [-0.25, -0.2) is 4.98 Å². The van der Waals surface area contributed by atoms with Gasteiger partial charge in [0, 0.05) is 18.5 Å². The molecule has 7 heteroatoms. The van der Waals surface area contributed by atoms with Gasteiger partial charge in [-0.3, -0.25) is 4.90 Å². The molecule has 1 saturated heterocycles. The Labute approximate surface area is 143 Å². The molecule has 134 valence electrons. The van der Waals surface area contributed by atoms with Crippen molar-refractivity contribution in [2.45, 2.75) is 50.0 Å². The summed E-state index contributed by atoms with van der Waals surface area (Å²) in [5, 5.41) is 10.0. The smallest absolute Gasteiger partial charge is 0.416 e. The van der Waals surface area contributed by atoms with Gasteiger partial charge in [0.2, 0.25) is 5.89 Å². The molecule has 2 aliphatic rings. The molecule has 1 aromatic carbocycles. The van der Waals surface area contributed by atoms with Crippen molar-refractivity contribution in [2.24, 2.45) is 0 Å². The third-order valence-electron chi connectivity index (χ3n) is 4.87. The second-order valence-corrected chi connectivity index (χ2v) is 6.89. The van der Waals surface area contributed by atoms with Crippen molar-refractivity contribution in [1.82, 2.24) is 9.88 Å². The zero-order chi connectivity index (χ0) is 17.6. The van der Waals surface area contributed by atoms with Gasteiger partial charge in [-0.1, -0.05) is 12.1 Å². The van der Waals surface area contributed by atoms with Crippen molar-refractivity contribution >= 4 is 0 Å². The minimum absolute atomic E-state index is 0.284. The fourth-order valence-corrected chi connectivity index (χ4v) is 3.45. The molecular formula is C18H19F3N2O2. The number of aliphatic hydroxyl groups is 1. The van der Waals surface area contributed by atoms with Gasteiger partial charge in [0.1, 0.15) is 5.76 Å². The third kappa shape index (κ3) is 3.57. The number of hydrogen-bond donors (Lipinski definition) is 1. The van der Waals surface area contributed by atoms with Crippen LogP contribution in [0.3, 0.4) is 0 Å². The van der Waals surface area contributed by atoms with Crippen molar-refractivity contribution in [3.05, 3.63) is 53.2 Å². The van der Waals surface area contributed by atoms with Crippen LogP contribution in [-0.2, 0) is 12.7 Å². The van der Waals surface area contributed by atoms with E-state index < -0.39 is 17.8 Å². The first-order chi connectivity index (χ1) is 11.9. The second kappa shape index (κ2) is 6.14. The largest absolute Gasteiger partial charge is 0.444 e. The van der Waals surface area contributed by atoms with Crippen LogP contribution in [0.4, 0.5) is 13.2 Å². The molecule has 1 saturated carbocycles. The number of alkyl halides is 3. The van der Waals surface area contributed by atoms with E-state index in [-0.39, 0.29) is 6.04 Å². The lowest BCUT2D eigenvalue weighted by Crippen LogP contribution is -2.24. The maximum absolute atomic E-state index is 13.0. The summed E-state index contributed by atoms with van der Waals surface area (Å²) in [6.45, 7) is 0.771. The number of nitrogens with zero attached hydrogens (tertiary/aromatic N) is 2. The monoisotopic (exact) mass is 352 g/mol. The highest BCUT2D eigenvalue weighted by Gasteiger charge is 2.36. The second-order valence-electron chi connectivity index (χ2n) is 6.89. The Morgan fingerprint density at radius 3 is 2.80 bits per heavy atom. The van der Waals surface area contributed by atoms with Gasteiger partial charge in [0.25, 0.3) is 0 Å². The molecule has 1 aliphatic carbocycles. The van der Waals surface area contributed by atoms with E-state index in [2.05, 4.69) is 4.98 Å². The lowest BCUT2D eigenvalue weighted by molar-refractivity contribution is -0.137. The maximum atomic E-state index is 13.0. The van der Waals surface area contributed by atoms with Crippen LogP contribution < -0.4 is 0 Å². The fourth-order valence-electron chi connectivity index (χ4n) is 3.45. The average molecular weight is 352 g/mol. The van der Waals surface area contributed by atoms with Crippen LogP contribution in [-0.4, -0.2) is 27.6 Å². The SMILES string of the molecule is O[C@H]1C[C@@H](c2cccc(C(F)(F)F)c2)N(Cc2ncc(C3CC3)o2)C1. The lowest BCUT2D eigenvalue weighted by Gasteiger charge is -2.23. The van der Waals surface area contributed by atoms with Crippen LogP contribution >= 0.6 is 0 Å². The number of β-amino-alcohol motifs (C(OH)–C–C–N with tert-alkyl or cyclic N) is 1. The molecule has 0 spiro atoms. The van der Waals surface area contributed by atoms with E-state index in [0.29, 0.717) is 36.9 Å². The first kappa shape index (κ1) is 16.6. The Hall–Kier alpha value is -1.86. The van der Waals surface area contributed by atoms with Crippen LogP contribution in [0.5, 0.6) is 0 Å². The summed E-state index contributed by atoms with van der Waals surface area (Å²) in [4.78, 5) is 6.21. The molecule has 0 radical (unpaired) electrons. The summed E-state index contributed by atoms with van der Waals surface area (Å²) < 4.78 is 44.7. The molecule has 0 amide bonds. The Morgan fingerprint density at radius 1 is 1.28 bits per heavy atom. The van der Waals surface area contributed by atoms with Crippen LogP contribution in [0, 0.1) is 0 Å². The molecule has 1 aliphatic heterocycles. The van der Waals surface area contributed by atoms with Crippen LogP contribution in [0.2, 0.25) is 0 Å². The fraction of sp³-hybridized carbons (Fsp3) is 0.500. The van der Waals surface area contributed by atoms with Gasteiger partial charge in [0.15, 0.2) is 0 Å². The highest BCUT2D eigenvalue weighted by Crippen LogP contribution is 2.41. The Morgan fingerprint density at radius 2 is 2.08 bits per heavy atom.